The predicted octanol–water partition coefficient (Wildman–Crippen LogP) is 2.08. The largest absolute Gasteiger partial charge is 0.378 e. The molecule has 4 aliphatic heterocycles. The van der Waals surface area contributed by atoms with Crippen LogP contribution < -0.4 is 25.8 Å². The molecule has 1 saturated carbocycles. The van der Waals surface area contributed by atoms with Crippen molar-refractivity contribution in [3.8, 4) is 0 Å². The fourth-order valence-corrected chi connectivity index (χ4v) is 7.79. The van der Waals surface area contributed by atoms with Gasteiger partial charge in [-0.15, -0.1) is 0 Å². The SMILES string of the molecule is C=CC(=O)N1CCN(C2CC3CNC4NC5CCCC(C5)OCCCN(C)CCN(C2)C3N4)c2cccc(C)c21. The number of anilines is 2. The number of hydrogen-bond donors (Lipinski definition) is 3. The molecule has 1 aliphatic carbocycles. The molecule has 4 heterocycles. The van der Waals surface area contributed by atoms with E-state index in [0.717, 1.165) is 76.4 Å². The second-order valence-electron chi connectivity index (χ2n) is 12.6. The van der Waals surface area contributed by atoms with E-state index in [-0.39, 0.29) is 12.2 Å². The monoisotopic (exact) mass is 551 g/mol. The summed E-state index contributed by atoms with van der Waals surface area (Å²) in [6.07, 6.45) is 9.29. The third kappa shape index (κ3) is 5.96. The molecule has 6 rings (SSSR count). The zero-order chi connectivity index (χ0) is 27.6. The minimum atomic E-state index is -0.0126. The first kappa shape index (κ1) is 28.1. The van der Waals surface area contributed by atoms with Crippen LogP contribution in [-0.2, 0) is 9.53 Å². The van der Waals surface area contributed by atoms with Crippen molar-refractivity contribution in [3.05, 3.63) is 36.4 Å². The summed E-state index contributed by atoms with van der Waals surface area (Å²) in [4.78, 5) is 22.4. The fourth-order valence-electron chi connectivity index (χ4n) is 7.79. The molecule has 0 spiro atoms. The first-order valence-electron chi connectivity index (χ1n) is 15.6. The van der Waals surface area contributed by atoms with Crippen LogP contribution in [0.5, 0.6) is 0 Å². The van der Waals surface area contributed by atoms with Crippen molar-refractivity contribution in [1.29, 1.82) is 0 Å². The number of hydrogen-bond acceptors (Lipinski definition) is 8. The summed E-state index contributed by atoms with van der Waals surface area (Å²) in [5, 5.41) is 11.7. The molecule has 6 unspecified atom stereocenters. The van der Waals surface area contributed by atoms with Gasteiger partial charge in [-0.2, -0.15) is 0 Å². The van der Waals surface area contributed by atoms with Gasteiger partial charge in [0.1, 0.15) is 6.29 Å². The number of piperidine rings is 1. The van der Waals surface area contributed by atoms with Crippen LogP contribution >= 0.6 is 0 Å². The van der Waals surface area contributed by atoms with E-state index in [2.05, 4.69) is 69.4 Å². The van der Waals surface area contributed by atoms with Crippen molar-refractivity contribution >= 4 is 17.3 Å². The number of nitrogens with one attached hydrogen (secondary N) is 3. The van der Waals surface area contributed by atoms with Crippen molar-refractivity contribution < 1.29 is 9.53 Å². The van der Waals surface area contributed by atoms with Crippen LogP contribution in [0.4, 0.5) is 11.4 Å². The first-order valence-corrected chi connectivity index (χ1v) is 15.6. The highest BCUT2D eigenvalue weighted by molar-refractivity contribution is 6.04. The van der Waals surface area contributed by atoms with E-state index in [9.17, 15) is 4.79 Å². The number of benzene rings is 1. The molecule has 1 amide bonds. The quantitative estimate of drug-likeness (QED) is 0.483. The molecule has 40 heavy (non-hydrogen) atoms. The summed E-state index contributed by atoms with van der Waals surface area (Å²) < 4.78 is 6.31. The molecule has 9 heteroatoms. The van der Waals surface area contributed by atoms with Crippen molar-refractivity contribution in [2.75, 3.05) is 69.3 Å². The van der Waals surface area contributed by atoms with Crippen molar-refractivity contribution in [2.24, 2.45) is 5.92 Å². The van der Waals surface area contributed by atoms with Crippen molar-refractivity contribution in [2.45, 2.75) is 76.1 Å². The number of carbonyl (C=O) groups is 1. The lowest BCUT2D eigenvalue weighted by Gasteiger charge is -2.53. The van der Waals surface area contributed by atoms with Gasteiger partial charge in [0.15, 0.2) is 0 Å². The van der Waals surface area contributed by atoms with E-state index in [0.29, 0.717) is 36.8 Å². The number of carbonyl (C=O) groups excluding carboxylic acids is 1. The molecule has 0 radical (unpaired) electrons. The minimum absolute atomic E-state index is 0.0126. The van der Waals surface area contributed by atoms with Crippen LogP contribution in [0.25, 0.3) is 0 Å². The Labute approximate surface area is 240 Å². The van der Waals surface area contributed by atoms with E-state index >= 15 is 0 Å². The number of nitrogens with zero attached hydrogens (tertiary/aromatic N) is 4. The molecular weight excluding hydrogens is 502 g/mol. The number of rotatable bonds is 2. The zero-order valence-electron chi connectivity index (χ0n) is 24.5. The lowest BCUT2D eigenvalue weighted by Crippen LogP contribution is -2.73. The van der Waals surface area contributed by atoms with Crippen LogP contribution in [0, 0.1) is 12.8 Å². The maximum absolute atomic E-state index is 12.8. The van der Waals surface area contributed by atoms with E-state index in [1.54, 1.807) is 0 Å². The Bertz CT molecular complexity index is 1050. The Hall–Kier alpha value is -2.01. The molecule has 9 nitrogen and oxygen atoms in total. The summed E-state index contributed by atoms with van der Waals surface area (Å²) in [6.45, 7) is 13.5. The van der Waals surface area contributed by atoms with Gasteiger partial charge in [0, 0.05) is 70.4 Å². The van der Waals surface area contributed by atoms with Gasteiger partial charge in [0.2, 0.25) is 0 Å². The standard InChI is InChI=1S/C31H49N7O2/c1-4-28(39)38-16-15-37(27-11-5-8-22(2)29(27)38)25-18-23-20-32-31-33-24-9-6-10-26(19-24)40-17-7-12-35(3)13-14-36(21-25)30(23)34-31/h4-5,8,11,23-26,30-34H,1,6-7,9-10,12-21H2,2-3H3. The van der Waals surface area contributed by atoms with E-state index in [1.165, 1.54) is 31.0 Å². The Morgan fingerprint density at radius 3 is 2.85 bits per heavy atom. The Morgan fingerprint density at radius 1 is 1.07 bits per heavy atom. The molecule has 3 N–H and O–H groups in total. The molecule has 220 valence electrons. The number of fused-ring (bicyclic) bond motifs is 4. The molecule has 1 aromatic carbocycles. The lowest BCUT2D eigenvalue weighted by atomic mass is 9.87. The summed E-state index contributed by atoms with van der Waals surface area (Å²) in [5.74, 6) is 0.503. The first-order chi connectivity index (χ1) is 19.5. The van der Waals surface area contributed by atoms with Crippen molar-refractivity contribution in [3.63, 3.8) is 0 Å². The van der Waals surface area contributed by atoms with Crippen LogP contribution in [0.15, 0.2) is 30.9 Å². The molecule has 4 fully saturated rings. The van der Waals surface area contributed by atoms with Crippen LogP contribution in [0.3, 0.4) is 0 Å². The average molecular weight is 552 g/mol. The molecule has 0 aromatic heterocycles. The zero-order valence-corrected chi connectivity index (χ0v) is 24.5. The van der Waals surface area contributed by atoms with Crippen LogP contribution in [0.1, 0.15) is 44.1 Å². The lowest BCUT2D eigenvalue weighted by molar-refractivity contribution is -0.114. The van der Waals surface area contributed by atoms with Gasteiger partial charge in [-0.05, 0) is 70.2 Å². The summed E-state index contributed by atoms with van der Waals surface area (Å²) >= 11 is 0. The van der Waals surface area contributed by atoms with Crippen LogP contribution in [-0.4, -0.2) is 106 Å². The second-order valence-corrected chi connectivity index (χ2v) is 12.6. The average Bonchev–Trinajstić information content (AvgIpc) is 2.97. The Kier molecular flexibility index (Phi) is 8.77. The van der Waals surface area contributed by atoms with Gasteiger partial charge in [-0.25, -0.2) is 0 Å². The smallest absolute Gasteiger partial charge is 0.250 e. The van der Waals surface area contributed by atoms with Gasteiger partial charge in [0.05, 0.1) is 23.6 Å². The van der Waals surface area contributed by atoms with Gasteiger partial charge in [-0.3, -0.25) is 25.6 Å². The second kappa shape index (κ2) is 12.5. The topological polar surface area (TPSA) is 75.4 Å². The van der Waals surface area contributed by atoms with E-state index < -0.39 is 0 Å². The molecule has 6 atom stereocenters. The molecule has 3 saturated heterocycles. The van der Waals surface area contributed by atoms with Crippen LogP contribution in [0.2, 0.25) is 0 Å². The molecule has 1 aromatic rings. The normalized spacial score (nSPS) is 34.4. The highest BCUT2D eigenvalue weighted by atomic mass is 16.5. The number of amides is 1. The molecule has 4 bridgehead atoms. The maximum atomic E-state index is 12.8. The van der Waals surface area contributed by atoms with Gasteiger partial charge < -0.3 is 19.4 Å². The highest BCUT2D eigenvalue weighted by Gasteiger charge is 2.43. The summed E-state index contributed by atoms with van der Waals surface area (Å²) in [7, 11) is 2.25. The number of aryl methyl sites for hydroxylation is 1. The summed E-state index contributed by atoms with van der Waals surface area (Å²) in [6, 6.07) is 7.34. The highest BCUT2D eigenvalue weighted by Crippen LogP contribution is 2.40. The Morgan fingerprint density at radius 2 is 1.98 bits per heavy atom. The van der Waals surface area contributed by atoms with Gasteiger partial charge >= 0.3 is 0 Å². The van der Waals surface area contributed by atoms with Crippen molar-refractivity contribution in [1.82, 2.24) is 25.8 Å². The minimum Gasteiger partial charge on any atom is -0.378 e. The third-order valence-corrected chi connectivity index (χ3v) is 9.86. The predicted molar refractivity (Wildman–Crippen MR) is 161 cm³/mol. The van der Waals surface area contributed by atoms with E-state index in [4.69, 9.17) is 4.74 Å². The third-order valence-electron chi connectivity index (χ3n) is 9.86. The number of likely N-dealkylation sites (N-methyl/N-ethyl adjacent to an activating group) is 1. The molecular formula is C31H49N7O2. The molecule has 5 aliphatic rings. The number of ether oxygens (including phenoxy) is 1. The van der Waals surface area contributed by atoms with Gasteiger partial charge in [0.25, 0.3) is 5.91 Å². The Balaban J connectivity index is 1.23. The maximum Gasteiger partial charge on any atom is 0.250 e. The van der Waals surface area contributed by atoms with Gasteiger partial charge in [-0.1, -0.05) is 18.7 Å². The van der Waals surface area contributed by atoms with E-state index in [1.807, 2.05) is 4.90 Å². The number of para-hydroxylation sites is 1. The fraction of sp³-hybridized carbons (Fsp3) is 0.710. The summed E-state index contributed by atoms with van der Waals surface area (Å²) in [5.41, 5.74) is 3.38.